The number of rotatable bonds is 8. The second-order valence-corrected chi connectivity index (χ2v) is 5.29. The van der Waals surface area contributed by atoms with Crippen LogP contribution in [0.2, 0.25) is 0 Å². The number of ether oxygens (including phenoxy) is 1. The van der Waals surface area contributed by atoms with Crippen LogP contribution < -0.4 is 10.1 Å². The van der Waals surface area contributed by atoms with Crippen LogP contribution in [-0.2, 0) is 4.79 Å². The van der Waals surface area contributed by atoms with Crippen LogP contribution in [0.1, 0.15) is 30.9 Å². The van der Waals surface area contributed by atoms with Gasteiger partial charge in [-0.15, -0.1) is 0 Å². The first-order valence-corrected chi connectivity index (χ1v) is 7.10. The zero-order chi connectivity index (χ0) is 15.0. The van der Waals surface area contributed by atoms with E-state index in [9.17, 15) is 4.79 Å². The summed E-state index contributed by atoms with van der Waals surface area (Å²) >= 11 is 0. The van der Waals surface area contributed by atoms with Crippen molar-refractivity contribution in [3.8, 4) is 5.75 Å². The quantitative estimate of drug-likeness (QED) is 0.767. The number of hydrogen-bond donors (Lipinski definition) is 2. The van der Waals surface area contributed by atoms with Gasteiger partial charge in [-0.2, -0.15) is 0 Å². The molecule has 112 valence electrons. The predicted octanol–water partition coefficient (Wildman–Crippen LogP) is 2.21. The number of carbonyl (C=O) groups excluding carboxylic acids is 1. The molecule has 1 aromatic rings. The summed E-state index contributed by atoms with van der Waals surface area (Å²) in [5.41, 5.74) is 2.22. The molecule has 1 amide bonds. The van der Waals surface area contributed by atoms with Crippen LogP contribution in [0.25, 0.3) is 0 Å². The lowest BCUT2D eigenvalue weighted by molar-refractivity contribution is -0.121. The van der Waals surface area contributed by atoms with Crippen LogP contribution in [-0.4, -0.2) is 30.8 Å². The van der Waals surface area contributed by atoms with Crippen molar-refractivity contribution >= 4 is 5.91 Å². The van der Waals surface area contributed by atoms with Crippen molar-refractivity contribution in [2.75, 3.05) is 19.8 Å². The van der Waals surface area contributed by atoms with E-state index < -0.39 is 0 Å². The fraction of sp³-hybridized carbons (Fsp3) is 0.562. The molecule has 1 unspecified atom stereocenters. The average Bonchev–Trinajstić information content (AvgIpc) is 2.41. The minimum atomic E-state index is -0.0138. The standard InChI is InChI=1S/C16H25NO3/c1-12-4-5-14(3)15(10-12)20-9-7-16(19)17-11-13(2)6-8-18/h4-5,10,13,18H,6-9,11H2,1-3H3,(H,17,19). The van der Waals surface area contributed by atoms with Crippen LogP contribution >= 0.6 is 0 Å². The Morgan fingerprint density at radius 3 is 2.85 bits per heavy atom. The Hall–Kier alpha value is -1.55. The first-order chi connectivity index (χ1) is 9.52. The van der Waals surface area contributed by atoms with Gasteiger partial charge < -0.3 is 15.2 Å². The van der Waals surface area contributed by atoms with E-state index in [-0.39, 0.29) is 12.5 Å². The van der Waals surface area contributed by atoms with Crippen molar-refractivity contribution in [1.29, 1.82) is 0 Å². The Kier molecular flexibility index (Phi) is 7.09. The molecule has 20 heavy (non-hydrogen) atoms. The summed E-state index contributed by atoms with van der Waals surface area (Å²) < 4.78 is 5.64. The molecule has 1 atom stereocenters. The molecule has 0 spiro atoms. The molecule has 4 heteroatoms. The highest BCUT2D eigenvalue weighted by Crippen LogP contribution is 2.19. The maximum atomic E-state index is 11.6. The Morgan fingerprint density at radius 2 is 2.15 bits per heavy atom. The summed E-state index contributed by atoms with van der Waals surface area (Å²) in [6, 6.07) is 6.04. The summed E-state index contributed by atoms with van der Waals surface area (Å²) in [6.45, 7) is 7.15. The lowest BCUT2D eigenvalue weighted by Gasteiger charge is -2.12. The van der Waals surface area contributed by atoms with Gasteiger partial charge in [0.25, 0.3) is 0 Å². The normalized spacial score (nSPS) is 12.0. The van der Waals surface area contributed by atoms with Gasteiger partial charge in [-0.1, -0.05) is 19.1 Å². The fourth-order valence-corrected chi connectivity index (χ4v) is 1.82. The highest BCUT2D eigenvalue weighted by Gasteiger charge is 2.06. The van der Waals surface area contributed by atoms with Crippen molar-refractivity contribution in [3.05, 3.63) is 29.3 Å². The second kappa shape index (κ2) is 8.59. The van der Waals surface area contributed by atoms with Crippen LogP contribution in [0.5, 0.6) is 5.75 Å². The fourth-order valence-electron chi connectivity index (χ4n) is 1.82. The second-order valence-electron chi connectivity index (χ2n) is 5.29. The molecule has 0 heterocycles. The molecule has 0 radical (unpaired) electrons. The molecule has 4 nitrogen and oxygen atoms in total. The van der Waals surface area contributed by atoms with E-state index in [1.165, 1.54) is 0 Å². The SMILES string of the molecule is Cc1ccc(C)c(OCCC(=O)NCC(C)CCO)c1. The van der Waals surface area contributed by atoms with Gasteiger partial charge in [-0.3, -0.25) is 4.79 Å². The summed E-state index contributed by atoms with van der Waals surface area (Å²) in [5, 5.41) is 11.6. The summed E-state index contributed by atoms with van der Waals surface area (Å²) in [5.74, 6) is 1.12. The Bertz CT molecular complexity index is 432. The Morgan fingerprint density at radius 1 is 1.40 bits per heavy atom. The highest BCUT2D eigenvalue weighted by atomic mass is 16.5. The number of carbonyl (C=O) groups is 1. The third-order valence-electron chi connectivity index (χ3n) is 3.20. The largest absolute Gasteiger partial charge is 0.493 e. The van der Waals surface area contributed by atoms with E-state index in [0.29, 0.717) is 31.9 Å². The highest BCUT2D eigenvalue weighted by molar-refractivity contribution is 5.75. The topological polar surface area (TPSA) is 58.6 Å². The van der Waals surface area contributed by atoms with Crippen LogP contribution in [0.4, 0.5) is 0 Å². The zero-order valence-electron chi connectivity index (χ0n) is 12.6. The van der Waals surface area contributed by atoms with Crippen LogP contribution in [0.3, 0.4) is 0 Å². The average molecular weight is 279 g/mol. The number of amides is 1. The third kappa shape index (κ3) is 6.06. The van der Waals surface area contributed by atoms with Gasteiger partial charge >= 0.3 is 0 Å². The number of hydrogen-bond acceptors (Lipinski definition) is 3. The zero-order valence-corrected chi connectivity index (χ0v) is 12.6. The summed E-state index contributed by atoms with van der Waals surface area (Å²) in [4.78, 5) is 11.6. The number of aliphatic hydroxyl groups is 1. The van der Waals surface area contributed by atoms with Crippen molar-refractivity contribution in [1.82, 2.24) is 5.32 Å². The molecular formula is C16H25NO3. The molecule has 0 saturated carbocycles. The van der Waals surface area contributed by atoms with E-state index in [4.69, 9.17) is 9.84 Å². The molecule has 0 saturated heterocycles. The minimum absolute atomic E-state index is 0.0138. The molecule has 0 bridgehead atoms. The molecule has 2 N–H and O–H groups in total. The van der Waals surface area contributed by atoms with E-state index in [2.05, 4.69) is 5.32 Å². The minimum Gasteiger partial charge on any atom is -0.493 e. The number of aliphatic hydroxyl groups excluding tert-OH is 1. The van der Waals surface area contributed by atoms with E-state index in [1.54, 1.807) is 0 Å². The van der Waals surface area contributed by atoms with Crippen LogP contribution in [0, 0.1) is 19.8 Å². The number of nitrogens with one attached hydrogen (secondary N) is 1. The molecule has 1 rings (SSSR count). The monoisotopic (exact) mass is 279 g/mol. The Labute approximate surface area is 121 Å². The molecule has 0 aliphatic rings. The molecule has 0 aromatic heterocycles. The maximum Gasteiger partial charge on any atom is 0.223 e. The van der Waals surface area contributed by atoms with Gasteiger partial charge in [0.15, 0.2) is 0 Å². The van der Waals surface area contributed by atoms with Crippen molar-refractivity contribution in [3.63, 3.8) is 0 Å². The van der Waals surface area contributed by atoms with Gasteiger partial charge in [0, 0.05) is 13.2 Å². The van der Waals surface area contributed by atoms with Crippen molar-refractivity contribution in [2.45, 2.75) is 33.6 Å². The maximum absolute atomic E-state index is 11.6. The summed E-state index contributed by atoms with van der Waals surface area (Å²) in [7, 11) is 0. The summed E-state index contributed by atoms with van der Waals surface area (Å²) in [6.07, 6.45) is 1.05. The van der Waals surface area contributed by atoms with E-state index in [1.807, 2.05) is 39.0 Å². The van der Waals surface area contributed by atoms with Gasteiger partial charge in [-0.05, 0) is 43.4 Å². The first-order valence-electron chi connectivity index (χ1n) is 7.10. The van der Waals surface area contributed by atoms with Gasteiger partial charge in [0.05, 0.1) is 13.0 Å². The molecule has 0 fully saturated rings. The smallest absolute Gasteiger partial charge is 0.223 e. The van der Waals surface area contributed by atoms with Gasteiger partial charge in [-0.25, -0.2) is 0 Å². The van der Waals surface area contributed by atoms with Gasteiger partial charge in [0.1, 0.15) is 5.75 Å². The first kappa shape index (κ1) is 16.5. The van der Waals surface area contributed by atoms with E-state index >= 15 is 0 Å². The molecule has 0 aliphatic heterocycles. The Balaban J connectivity index is 2.26. The van der Waals surface area contributed by atoms with Crippen LogP contribution in [0.15, 0.2) is 18.2 Å². The van der Waals surface area contributed by atoms with Crippen molar-refractivity contribution < 1.29 is 14.6 Å². The number of benzene rings is 1. The molecule has 1 aromatic carbocycles. The lowest BCUT2D eigenvalue weighted by atomic mass is 10.1. The third-order valence-corrected chi connectivity index (χ3v) is 3.20. The van der Waals surface area contributed by atoms with Gasteiger partial charge in [0.2, 0.25) is 5.91 Å². The molecule has 0 aliphatic carbocycles. The molecular weight excluding hydrogens is 254 g/mol. The van der Waals surface area contributed by atoms with E-state index in [0.717, 1.165) is 16.9 Å². The van der Waals surface area contributed by atoms with Crippen molar-refractivity contribution in [2.24, 2.45) is 5.92 Å². The number of aryl methyl sites for hydroxylation is 2. The lowest BCUT2D eigenvalue weighted by Crippen LogP contribution is -2.29. The predicted molar refractivity (Wildman–Crippen MR) is 79.9 cm³/mol.